The zero-order chi connectivity index (χ0) is 9.42. The van der Waals surface area contributed by atoms with E-state index in [2.05, 4.69) is 20.9 Å². The molecule has 0 bridgehead atoms. The van der Waals surface area contributed by atoms with E-state index in [1.807, 2.05) is 18.2 Å². The Kier molecular flexibility index (Phi) is 2.14. The summed E-state index contributed by atoms with van der Waals surface area (Å²) in [5.74, 6) is 0. The Balaban J connectivity index is 2.97. The first-order valence-electron chi connectivity index (χ1n) is 3.68. The minimum absolute atomic E-state index is 0.586. The molecule has 0 saturated heterocycles. The number of nitrogens with two attached hydrogens (primary N) is 1. The van der Waals surface area contributed by atoms with Crippen molar-refractivity contribution in [3.63, 3.8) is 0 Å². The van der Waals surface area contributed by atoms with Gasteiger partial charge < -0.3 is 5.73 Å². The maximum atomic E-state index is 6.01. The quantitative estimate of drug-likeness (QED) is 0.736. The second kappa shape index (κ2) is 3.16. The van der Waals surface area contributed by atoms with Crippen LogP contribution in [0.3, 0.4) is 0 Å². The largest absolute Gasteiger partial charge is 0.396 e. The highest BCUT2D eigenvalue weighted by Gasteiger charge is 2.05. The SMILES string of the molecule is Nc1c(Br)ncc2cccc(Cl)c12. The molecule has 0 radical (unpaired) electrons. The van der Waals surface area contributed by atoms with E-state index in [1.54, 1.807) is 6.20 Å². The van der Waals surface area contributed by atoms with Gasteiger partial charge in [0.25, 0.3) is 0 Å². The molecule has 0 unspecified atom stereocenters. The Morgan fingerprint density at radius 3 is 2.92 bits per heavy atom. The minimum atomic E-state index is 0.586. The molecule has 2 aromatic rings. The molecule has 0 saturated carbocycles. The molecule has 0 spiro atoms. The number of rotatable bonds is 0. The molecule has 1 heterocycles. The number of benzene rings is 1. The van der Waals surface area contributed by atoms with E-state index in [0.717, 1.165) is 10.8 Å². The predicted octanol–water partition coefficient (Wildman–Crippen LogP) is 3.23. The van der Waals surface area contributed by atoms with Crippen LogP contribution in [0.1, 0.15) is 0 Å². The van der Waals surface area contributed by atoms with Crippen LogP contribution in [0.25, 0.3) is 10.8 Å². The van der Waals surface area contributed by atoms with Crippen molar-refractivity contribution in [3.05, 3.63) is 34.0 Å². The van der Waals surface area contributed by atoms with Crippen molar-refractivity contribution in [2.24, 2.45) is 0 Å². The summed E-state index contributed by atoms with van der Waals surface area (Å²) >= 11 is 9.26. The van der Waals surface area contributed by atoms with Crippen LogP contribution < -0.4 is 5.73 Å². The Morgan fingerprint density at radius 1 is 1.38 bits per heavy atom. The van der Waals surface area contributed by atoms with Gasteiger partial charge in [-0.1, -0.05) is 23.7 Å². The van der Waals surface area contributed by atoms with E-state index in [-0.39, 0.29) is 0 Å². The molecule has 2 rings (SSSR count). The van der Waals surface area contributed by atoms with E-state index in [4.69, 9.17) is 17.3 Å². The van der Waals surface area contributed by atoms with Crippen LogP contribution in [0, 0.1) is 0 Å². The highest BCUT2D eigenvalue weighted by molar-refractivity contribution is 9.10. The molecule has 0 aliphatic heterocycles. The lowest BCUT2D eigenvalue weighted by molar-refractivity contribution is 1.31. The zero-order valence-electron chi connectivity index (χ0n) is 6.59. The number of hydrogen-bond donors (Lipinski definition) is 1. The van der Waals surface area contributed by atoms with Crippen LogP contribution >= 0.6 is 27.5 Å². The van der Waals surface area contributed by atoms with Crippen molar-refractivity contribution >= 4 is 44.0 Å². The third kappa shape index (κ3) is 1.38. The summed E-state index contributed by atoms with van der Waals surface area (Å²) in [4.78, 5) is 4.08. The van der Waals surface area contributed by atoms with Crippen molar-refractivity contribution in [3.8, 4) is 0 Å². The van der Waals surface area contributed by atoms with Crippen molar-refractivity contribution in [1.82, 2.24) is 4.98 Å². The summed E-state index contributed by atoms with van der Waals surface area (Å²) in [5, 5.41) is 2.46. The fraction of sp³-hybridized carbons (Fsp3) is 0. The molecule has 1 aromatic carbocycles. The average Bonchev–Trinajstić information content (AvgIpc) is 2.12. The first-order chi connectivity index (χ1) is 6.20. The van der Waals surface area contributed by atoms with Crippen molar-refractivity contribution in [2.45, 2.75) is 0 Å². The smallest absolute Gasteiger partial charge is 0.129 e. The van der Waals surface area contributed by atoms with Gasteiger partial charge in [0, 0.05) is 17.0 Å². The number of nitrogens with zero attached hydrogens (tertiary/aromatic N) is 1. The van der Waals surface area contributed by atoms with Gasteiger partial charge in [0.2, 0.25) is 0 Å². The second-order valence-corrected chi connectivity index (χ2v) is 3.83. The first-order valence-corrected chi connectivity index (χ1v) is 4.85. The van der Waals surface area contributed by atoms with Gasteiger partial charge in [-0.05, 0) is 22.0 Å². The summed E-state index contributed by atoms with van der Waals surface area (Å²) in [5.41, 5.74) is 6.41. The minimum Gasteiger partial charge on any atom is -0.396 e. The van der Waals surface area contributed by atoms with Crippen LogP contribution in [0.2, 0.25) is 5.02 Å². The van der Waals surface area contributed by atoms with Crippen LogP contribution in [0.4, 0.5) is 5.69 Å². The summed E-state index contributed by atoms with van der Waals surface area (Å²) in [6.07, 6.45) is 1.74. The fourth-order valence-corrected chi connectivity index (χ4v) is 1.82. The molecule has 0 amide bonds. The standard InChI is InChI=1S/C9H6BrClN2/c10-9-8(12)7-5(4-13-9)2-1-3-6(7)11/h1-4H,12H2. The zero-order valence-corrected chi connectivity index (χ0v) is 8.93. The normalized spacial score (nSPS) is 10.6. The van der Waals surface area contributed by atoms with Gasteiger partial charge in [-0.15, -0.1) is 0 Å². The molecular weight excluding hydrogens is 251 g/mol. The second-order valence-electron chi connectivity index (χ2n) is 2.67. The average molecular weight is 258 g/mol. The van der Waals surface area contributed by atoms with Crippen molar-refractivity contribution in [2.75, 3.05) is 5.73 Å². The van der Waals surface area contributed by atoms with E-state index in [9.17, 15) is 0 Å². The maximum absolute atomic E-state index is 6.01. The molecule has 0 aliphatic rings. The predicted molar refractivity (Wildman–Crippen MR) is 58.9 cm³/mol. The molecule has 2 N–H and O–H groups in total. The van der Waals surface area contributed by atoms with E-state index < -0.39 is 0 Å². The van der Waals surface area contributed by atoms with E-state index >= 15 is 0 Å². The molecule has 0 fully saturated rings. The van der Waals surface area contributed by atoms with Crippen LogP contribution in [0.15, 0.2) is 29.0 Å². The van der Waals surface area contributed by atoms with Crippen LogP contribution in [0.5, 0.6) is 0 Å². The monoisotopic (exact) mass is 256 g/mol. The number of pyridine rings is 1. The lowest BCUT2D eigenvalue weighted by Crippen LogP contribution is -1.91. The van der Waals surface area contributed by atoms with Gasteiger partial charge in [-0.25, -0.2) is 4.98 Å². The van der Waals surface area contributed by atoms with Crippen LogP contribution in [-0.4, -0.2) is 4.98 Å². The number of hydrogen-bond acceptors (Lipinski definition) is 2. The Morgan fingerprint density at radius 2 is 2.15 bits per heavy atom. The highest BCUT2D eigenvalue weighted by Crippen LogP contribution is 2.31. The summed E-state index contributed by atoms with van der Waals surface area (Å²) in [6, 6.07) is 5.61. The van der Waals surface area contributed by atoms with Gasteiger partial charge in [-0.3, -0.25) is 0 Å². The number of aromatic nitrogens is 1. The number of halogens is 2. The van der Waals surface area contributed by atoms with Crippen molar-refractivity contribution < 1.29 is 0 Å². The summed E-state index contributed by atoms with van der Waals surface area (Å²) in [6.45, 7) is 0. The van der Waals surface area contributed by atoms with Gasteiger partial charge in [-0.2, -0.15) is 0 Å². The fourth-order valence-electron chi connectivity index (χ4n) is 1.23. The summed E-state index contributed by atoms with van der Waals surface area (Å²) < 4.78 is 0.633. The molecular formula is C9H6BrClN2. The topological polar surface area (TPSA) is 38.9 Å². The third-order valence-corrected chi connectivity index (χ3v) is 2.80. The van der Waals surface area contributed by atoms with Gasteiger partial charge in [0.1, 0.15) is 4.60 Å². The number of nitrogen functional groups attached to an aromatic ring is 1. The van der Waals surface area contributed by atoms with Gasteiger partial charge in [0.15, 0.2) is 0 Å². The third-order valence-electron chi connectivity index (χ3n) is 1.85. The molecule has 1 aromatic heterocycles. The number of fused-ring (bicyclic) bond motifs is 1. The molecule has 0 atom stereocenters. The molecule has 2 nitrogen and oxygen atoms in total. The lowest BCUT2D eigenvalue weighted by Gasteiger charge is -2.04. The van der Waals surface area contributed by atoms with Crippen LogP contribution in [-0.2, 0) is 0 Å². The number of anilines is 1. The Hall–Kier alpha value is -0.800. The Bertz CT molecular complexity index is 470. The van der Waals surface area contributed by atoms with Gasteiger partial charge >= 0.3 is 0 Å². The van der Waals surface area contributed by atoms with E-state index in [0.29, 0.717) is 15.3 Å². The Labute approximate surface area is 88.8 Å². The lowest BCUT2D eigenvalue weighted by atomic mass is 10.1. The van der Waals surface area contributed by atoms with Gasteiger partial charge in [0.05, 0.1) is 10.7 Å². The maximum Gasteiger partial charge on any atom is 0.129 e. The van der Waals surface area contributed by atoms with E-state index in [1.165, 1.54) is 0 Å². The summed E-state index contributed by atoms with van der Waals surface area (Å²) in [7, 11) is 0. The highest BCUT2D eigenvalue weighted by atomic mass is 79.9. The molecule has 13 heavy (non-hydrogen) atoms. The first kappa shape index (κ1) is 8.78. The molecule has 66 valence electrons. The molecule has 0 aliphatic carbocycles. The molecule has 4 heteroatoms. The van der Waals surface area contributed by atoms with Crippen molar-refractivity contribution in [1.29, 1.82) is 0 Å².